The highest BCUT2D eigenvalue weighted by Crippen LogP contribution is 2.23. The van der Waals surface area contributed by atoms with Crippen LogP contribution < -0.4 is 10.1 Å². The highest BCUT2D eigenvalue weighted by Gasteiger charge is 2.04. The highest BCUT2D eigenvalue weighted by atomic mass is 35.5. The van der Waals surface area contributed by atoms with Crippen molar-refractivity contribution < 1.29 is 4.74 Å². The molecule has 0 saturated heterocycles. The summed E-state index contributed by atoms with van der Waals surface area (Å²) < 4.78 is 5.77. The van der Waals surface area contributed by atoms with Crippen LogP contribution in [0.4, 0.5) is 5.82 Å². The number of ether oxygens (including phenoxy) is 1. The average molecular weight is 391 g/mol. The smallest absolute Gasteiger partial charge is 0.137 e. The van der Waals surface area contributed by atoms with Gasteiger partial charge < -0.3 is 10.1 Å². The molecule has 2 heterocycles. The van der Waals surface area contributed by atoms with E-state index in [-0.39, 0.29) is 0 Å². The first-order valence-electron chi connectivity index (χ1n) is 9.04. The second-order valence-corrected chi connectivity index (χ2v) is 6.75. The Morgan fingerprint density at radius 2 is 1.82 bits per heavy atom. The molecule has 4 rings (SSSR count). The molecular formula is C22H19ClN4O. The molecule has 0 aliphatic rings. The van der Waals surface area contributed by atoms with Gasteiger partial charge in [-0.05, 0) is 54.4 Å². The van der Waals surface area contributed by atoms with Crippen molar-refractivity contribution in [1.82, 2.24) is 15.0 Å². The summed E-state index contributed by atoms with van der Waals surface area (Å²) in [6, 6.07) is 19.5. The van der Waals surface area contributed by atoms with E-state index in [1.54, 1.807) is 12.5 Å². The molecule has 0 atom stereocenters. The zero-order valence-corrected chi connectivity index (χ0v) is 15.9. The average Bonchev–Trinajstić information content (AvgIpc) is 2.74. The number of hydrogen-bond acceptors (Lipinski definition) is 5. The quantitative estimate of drug-likeness (QED) is 0.485. The van der Waals surface area contributed by atoms with Crippen LogP contribution in [-0.2, 0) is 13.0 Å². The number of pyridine rings is 1. The van der Waals surface area contributed by atoms with Gasteiger partial charge in [-0.25, -0.2) is 9.97 Å². The van der Waals surface area contributed by atoms with Gasteiger partial charge in [0.1, 0.15) is 24.5 Å². The van der Waals surface area contributed by atoms with E-state index in [1.807, 2.05) is 48.5 Å². The number of nitrogens with zero attached hydrogens (tertiary/aromatic N) is 3. The lowest BCUT2D eigenvalue weighted by Crippen LogP contribution is -2.07. The van der Waals surface area contributed by atoms with E-state index in [9.17, 15) is 0 Å². The third kappa shape index (κ3) is 4.56. The van der Waals surface area contributed by atoms with Gasteiger partial charge in [-0.2, -0.15) is 0 Å². The van der Waals surface area contributed by atoms with Crippen LogP contribution in [-0.4, -0.2) is 21.5 Å². The van der Waals surface area contributed by atoms with Crippen molar-refractivity contribution in [2.75, 3.05) is 11.9 Å². The van der Waals surface area contributed by atoms with Crippen molar-refractivity contribution >= 4 is 28.3 Å². The number of hydrogen-bond donors (Lipinski definition) is 1. The number of halogens is 1. The van der Waals surface area contributed by atoms with E-state index >= 15 is 0 Å². The summed E-state index contributed by atoms with van der Waals surface area (Å²) in [5.74, 6) is 1.63. The largest absolute Gasteiger partial charge is 0.487 e. The Labute approximate surface area is 168 Å². The summed E-state index contributed by atoms with van der Waals surface area (Å²) in [6.07, 6.45) is 4.20. The number of rotatable bonds is 7. The summed E-state index contributed by atoms with van der Waals surface area (Å²) >= 11 is 6.10. The Balaban J connectivity index is 1.32. The van der Waals surface area contributed by atoms with Crippen molar-refractivity contribution in [2.45, 2.75) is 13.0 Å². The summed E-state index contributed by atoms with van der Waals surface area (Å²) in [4.78, 5) is 12.9. The predicted octanol–water partition coefficient (Wildman–Crippen LogP) is 4.91. The van der Waals surface area contributed by atoms with Crippen LogP contribution in [0.3, 0.4) is 0 Å². The maximum atomic E-state index is 6.10. The molecule has 0 bridgehead atoms. The number of benzene rings is 2. The lowest BCUT2D eigenvalue weighted by atomic mass is 10.1. The fourth-order valence-electron chi connectivity index (χ4n) is 2.89. The second kappa shape index (κ2) is 8.67. The third-order valence-corrected chi connectivity index (χ3v) is 4.57. The van der Waals surface area contributed by atoms with Crippen LogP contribution in [0.1, 0.15) is 11.3 Å². The lowest BCUT2D eigenvalue weighted by Gasteiger charge is -2.09. The molecule has 28 heavy (non-hydrogen) atoms. The predicted molar refractivity (Wildman–Crippen MR) is 112 cm³/mol. The van der Waals surface area contributed by atoms with Crippen LogP contribution in [0.25, 0.3) is 10.9 Å². The highest BCUT2D eigenvalue weighted by molar-refractivity contribution is 6.31. The summed E-state index contributed by atoms with van der Waals surface area (Å²) in [5.41, 5.74) is 3.00. The van der Waals surface area contributed by atoms with Crippen LogP contribution in [0.5, 0.6) is 5.75 Å². The Bertz CT molecular complexity index is 1060. The fraction of sp³-hybridized carbons (Fsp3) is 0.136. The van der Waals surface area contributed by atoms with E-state index in [0.29, 0.717) is 11.6 Å². The molecule has 2 aromatic carbocycles. The van der Waals surface area contributed by atoms with E-state index in [0.717, 1.165) is 41.1 Å². The van der Waals surface area contributed by atoms with Crippen LogP contribution in [0.15, 0.2) is 73.2 Å². The van der Waals surface area contributed by atoms with E-state index in [1.165, 1.54) is 5.56 Å². The van der Waals surface area contributed by atoms with Gasteiger partial charge in [0.15, 0.2) is 0 Å². The van der Waals surface area contributed by atoms with Gasteiger partial charge in [-0.15, -0.1) is 0 Å². The van der Waals surface area contributed by atoms with Gasteiger partial charge in [0.25, 0.3) is 0 Å². The Kier molecular flexibility index (Phi) is 5.64. The minimum Gasteiger partial charge on any atom is -0.487 e. The van der Waals surface area contributed by atoms with Crippen molar-refractivity contribution in [3.05, 3.63) is 89.5 Å². The second-order valence-electron chi connectivity index (χ2n) is 6.31. The zero-order valence-electron chi connectivity index (χ0n) is 15.2. The molecule has 0 saturated carbocycles. The molecule has 6 heteroatoms. The minimum atomic E-state index is 0.463. The topological polar surface area (TPSA) is 59.9 Å². The molecule has 140 valence electrons. The van der Waals surface area contributed by atoms with Gasteiger partial charge in [0.05, 0.1) is 11.2 Å². The molecule has 2 aromatic heterocycles. The standard InChI is InChI=1S/C22H19ClN4O/c23-17-6-9-21-20(13-17)22(27-15-26-21)25-12-10-16-4-7-19(8-5-16)28-14-18-3-1-2-11-24-18/h1-9,11,13,15H,10,12,14H2,(H,25,26,27). The summed E-state index contributed by atoms with van der Waals surface area (Å²) in [6.45, 7) is 1.22. The third-order valence-electron chi connectivity index (χ3n) is 4.34. The Morgan fingerprint density at radius 3 is 2.64 bits per heavy atom. The first kappa shape index (κ1) is 18.2. The Hall–Kier alpha value is -3.18. The molecule has 0 aliphatic carbocycles. The van der Waals surface area contributed by atoms with Crippen LogP contribution >= 0.6 is 11.6 Å². The van der Waals surface area contributed by atoms with Crippen molar-refractivity contribution in [3.8, 4) is 5.75 Å². The van der Waals surface area contributed by atoms with Crippen molar-refractivity contribution in [1.29, 1.82) is 0 Å². The number of fused-ring (bicyclic) bond motifs is 1. The molecule has 5 nitrogen and oxygen atoms in total. The normalized spacial score (nSPS) is 10.8. The van der Waals surface area contributed by atoms with Crippen LogP contribution in [0, 0.1) is 0 Å². The number of anilines is 1. The first-order chi connectivity index (χ1) is 13.8. The van der Waals surface area contributed by atoms with Gasteiger partial charge in [-0.1, -0.05) is 29.8 Å². The molecule has 0 fully saturated rings. The van der Waals surface area contributed by atoms with Crippen molar-refractivity contribution in [3.63, 3.8) is 0 Å². The lowest BCUT2D eigenvalue weighted by molar-refractivity contribution is 0.301. The van der Waals surface area contributed by atoms with Crippen molar-refractivity contribution in [2.24, 2.45) is 0 Å². The summed E-state index contributed by atoms with van der Waals surface area (Å²) in [7, 11) is 0. The van der Waals surface area contributed by atoms with Gasteiger partial charge in [0.2, 0.25) is 0 Å². The molecule has 0 radical (unpaired) electrons. The molecule has 1 N–H and O–H groups in total. The van der Waals surface area contributed by atoms with E-state index < -0.39 is 0 Å². The monoisotopic (exact) mass is 390 g/mol. The minimum absolute atomic E-state index is 0.463. The molecule has 0 amide bonds. The van der Waals surface area contributed by atoms with E-state index in [4.69, 9.17) is 16.3 Å². The number of nitrogens with one attached hydrogen (secondary N) is 1. The molecule has 4 aromatic rings. The molecule has 0 unspecified atom stereocenters. The summed E-state index contributed by atoms with van der Waals surface area (Å²) in [5, 5.41) is 4.97. The van der Waals surface area contributed by atoms with Gasteiger partial charge >= 0.3 is 0 Å². The SMILES string of the molecule is Clc1ccc2ncnc(NCCc3ccc(OCc4ccccn4)cc3)c2c1. The fourth-order valence-corrected chi connectivity index (χ4v) is 3.06. The molecular weight excluding hydrogens is 372 g/mol. The van der Waals surface area contributed by atoms with E-state index in [2.05, 4.69) is 32.4 Å². The van der Waals surface area contributed by atoms with Crippen LogP contribution in [0.2, 0.25) is 5.02 Å². The first-order valence-corrected chi connectivity index (χ1v) is 9.41. The number of aromatic nitrogens is 3. The maximum Gasteiger partial charge on any atom is 0.137 e. The molecule has 0 aliphatic heterocycles. The van der Waals surface area contributed by atoms with Gasteiger partial charge in [0, 0.05) is 23.2 Å². The maximum absolute atomic E-state index is 6.10. The van der Waals surface area contributed by atoms with Gasteiger partial charge in [-0.3, -0.25) is 4.98 Å². The molecule has 0 spiro atoms. The zero-order chi connectivity index (χ0) is 19.2. The Morgan fingerprint density at radius 1 is 0.929 bits per heavy atom.